The maximum Gasteiger partial charge on any atom is 0.433 e. The molecule has 1 aliphatic heterocycles. The maximum absolute atomic E-state index is 12.7. The Morgan fingerprint density at radius 2 is 1.93 bits per heavy atom. The van der Waals surface area contributed by atoms with E-state index in [0.717, 1.165) is 12.3 Å². The van der Waals surface area contributed by atoms with Crippen molar-refractivity contribution >= 4 is 5.91 Å². The molecule has 0 aromatic carbocycles. The van der Waals surface area contributed by atoms with Crippen LogP contribution in [0, 0.1) is 0 Å². The van der Waals surface area contributed by atoms with Gasteiger partial charge in [-0.2, -0.15) is 18.2 Å². The predicted octanol–water partition coefficient (Wildman–Crippen LogP) is 2.58. The minimum Gasteiger partial charge on any atom is -0.481 e. The topological polar surface area (TPSA) is 77.4 Å². The van der Waals surface area contributed by atoms with Crippen LogP contribution in [0.4, 0.5) is 13.2 Å². The van der Waals surface area contributed by atoms with Crippen LogP contribution >= 0.6 is 0 Å². The molecule has 3 rings (SSSR count). The van der Waals surface area contributed by atoms with Crippen LogP contribution < -0.4 is 9.47 Å². The minimum atomic E-state index is -4.55. The summed E-state index contributed by atoms with van der Waals surface area (Å²) >= 11 is 0. The Hall–Kier alpha value is -2.91. The van der Waals surface area contributed by atoms with Crippen molar-refractivity contribution in [2.75, 3.05) is 20.2 Å². The Labute approximate surface area is 153 Å². The molecular weight excluding hydrogens is 365 g/mol. The number of likely N-dealkylation sites (tertiary alicyclic amines) is 1. The largest absolute Gasteiger partial charge is 0.481 e. The zero-order valence-corrected chi connectivity index (χ0v) is 14.4. The molecule has 0 atom stereocenters. The number of rotatable bonds is 4. The molecule has 1 saturated heterocycles. The maximum atomic E-state index is 12.7. The number of amides is 1. The van der Waals surface area contributed by atoms with E-state index in [0.29, 0.717) is 37.4 Å². The van der Waals surface area contributed by atoms with Crippen LogP contribution in [0.5, 0.6) is 11.9 Å². The van der Waals surface area contributed by atoms with Crippen molar-refractivity contribution in [2.24, 2.45) is 0 Å². The summed E-state index contributed by atoms with van der Waals surface area (Å²) in [6, 6.07) is 3.71. The third kappa shape index (κ3) is 4.63. The molecule has 1 amide bonds. The number of ether oxygens (including phenoxy) is 2. The molecule has 10 heteroatoms. The molecule has 144 valence electrons. The van der Waals surface area contributed by atoms with Gasteiger partial charge in [-0.15, -0.1) is 0 Å². The Balaban J connectivity index is 1.56. The van der Waals surface area contributed by atoms with Crippen molar-refractivity contribution < 1.29 is 27.4 Å². The summed E-state index contributed by atoms with van der Waals surface area (Å²) in [5, 5.41) is 0. The van der Waals surface area contributed by atoms with Crippen LogP contribution in [0.25, 0.3) is 0 Å². The lowest BCUT2D eigenvalue weighted by Gasteiger charge is -2.31. The number of aromatic nitrogens is 3. The summed E-state index contributed by atoms with van der Waals surface area (Å²) in [5.41, 5.74) is -0.608. The van der Waals surface area contributed by atoms with Gasteiger partial charge in [-0.05, 0) is 12.1 Å². The zero-order chi connectivity index (χ0) is 19.4. The Kier molecular flexibility index (Phi) is 5.43. The molecule has 0 radical (unpaired) electrons. The van der Waals surface area contributed by atoms with Crippen molar-refractivity contribution in [3.05, 3.63) is 41.9 Å². The molecule has 27 heavy (non-hydrogen) atoms. The normalized spacial score (nSPS) is 15.5. The van der Waals surface area contributed by atoms with Gasteiger partial charge in [0.1, 0.15) is 6.10 Å². The molecule has 1 aliphatic rings. The van der Waals surface area contributed by atoms with Crippen LogP contribution in [0.1, 0.15) is 28.9 Å². The number of pyridine rings is 1. The van der Waals surface area contributed by atoms with Crippen LogP contribution in [0.2, 0.25) is 0 Å². The monoisotopic (exact) mass is 382 g/mol. The van der Waals surface area contributed by atoms with Crippen LogP contribution in [-0.4, -0.2) is 52.1 Å². The molecule has 0 aliphatic carbocycles. The number of piperidine rings is 1. The lowest BCUT2D eigenvalue weighted by atomic mass is 10.1. The molecule has 0 bridgehead atoms. The first kappa shape index (κ1) is 18.9. The molecule has 0 saturated carbocycles. The van der Waals surface area contributed by atoms with E-state index in [1.807, 2.05) is 0 Å². The lowest BCUT2D eigenvalue weighted by molar-refractivity contribution is -0.141. The summed E-state index contributed by atoms with van der Waals surface area (Å²) in [6.45, 7) is 0.822. The van der Waals surface area contributed by atoms with Crippen molar-refractivity contribution in [3.8, 4) is 11.9 Å². The number of nitrogens with zero attached hydrogens (tertiary/aromatic N) is 4. The van der Waals surface area contributed by atoms with Gasteiger partial charge in [0.15, 0.2) is 5.69 Å². The second-order valence-electron chi connectivity index (χ2n) is 5.92. The van der Waals surface area contributed by atoms with Gasteiger partial charge >= 0.3 is 12.2 Å². The SMILES string of the molecule is COc1ccc(C(=O)N2CCC(Oc3nccc(C(F)(F)F)n3)CC2)cn1. The molecule has 1 fully saturated rings. The summed E-state index contributed by atoms with van der Waals surface area (Å²) < 4.78 is 48.5. The Morgan fingerprint density at radius 1 is 1.19 bits per heavy atom. The highest BCUT2D eigenvalue weighted by molar-refractivity contribution is 5.94. The summed E-state index contributed by atoms with van der Waals surface area (Å²) in [7, 11) is 1.49. The van der Waals surface area contributed by atoms with E-state index in [1.165, 1.54) is 13.3 Å². The number of carbonyl (C=O) groups excluding carboxylic acids is 1. The number of hydrogen-bond acceptors (Lipinski definition) is 6. The first-order chi connectivity index (χ1) is 12.9. The van der Waals surface area contributed by atoms with E-state index in [4.69, 9.17) is 9.47 Å². The van der Waals surface area contributed by atoms with Crippen molar-refractivity contribution in [1.29, 1.82) is 0 Å². The zero-order valence-electron chi connectivity index (χ0n) is 14.4. The highest BCUT2D eigenvalue weighted by Gasteiger charge is 2.33. The number of hydrogen-bond donors (Lipinski definition) is 0. The first-order valence-electron chi connectivity index (χ1n) is 8.23. The van der Waals surface area contributed by atoms with E-state index in [-0.39, 0.29) is 18.0 Å². The number of methoxy groups -OCH3 is 1. The van der Waals surface area contributed by atoms with Gasteiger partial charge in [-0.25, -0.2) is 9.97 Å². The van der Waals surface area contributed by atoms with E-state index in [2.05, 4.69) is 15.0 Å². The van der Waals surface area contributed by atoms with Gasteiger partial charge < -0.3 is 14.4 Å². The summed E-state index contributed by atoms with van der Waals surface area (Å²) in [6.07, 6.45) is -1.51. The second kappa shape index (κ2) is 7.77. The fourth-order valence-corrected chi connectivity index (χ4v) is 2.69. The predicted molar refractivity (Wildman–Crippen MR) is 87.4 cm³/mol. The van der Waals surface area contributed by atoms with Crippen LogP contribution in [-0.2, 0) is 6.18 Å². The molecule has 0 N–H and O–H groups in total. The van der Waals surface area contributed by atoms with E-state index in [1.54, 1.807) is 17.0 Å². The smallest absolute Gasteiger partial charge is 0.433 e. The van der Waals surface area contributed by atoms with Crippen molar-refractivity contribution in [2.45, 2.75) is 25.1 Å². The van der Waals surface area contributed by atoms with Gasteiger partial charge in [0.05, 0.1) is 12.7 Å². The first-order valence-corrected chi connectivity index (χ1v) is 8.23. The van der Waals surface area contributed by atoms with Crippen LogP contribution in [0.3, 0.4) is 0 Å². The summed E-state index contributed by atoms with van der Waals surface area (Å²) in [5.74, 6) is 0.249. The van der Waals surface area contributed by atoms with Gasteiger partial charge in [-0.3, -0.25) is 4.79 Å². The molecule has 3 heterocycles. The van der Waals surface area contributed by atoms with E-state index in [9.17, 15) is 18.0 Å². The average molecular weight is 382 g/mol. The van der Waals surface area contributed by atoms with Crippen LogP contribution in [0.15, 0.2) is 30.6 Å². The van der Waals surface area contributed by atoms with Crippen molar-refractivity contribution in [1.82, 2.24) is 19.9 Å². The molecule has 2 aromatic rings. The average Bonchev–Trinajstić information content (AvgIpc) is 2.68. The van der Waals surface area contributed by atoms with Crippen molar-refractivity contribution in [3.63, 3.8) is 0 Å². The lowest BCUT2D eigenvalue weighted by Crippen LogP contribution is -2.42. The summed E-state index contributed by atoms with van der Waals surface area (Å²) in [4.78, 5) is 25.3. The van der Waals surface area contributed by atoms with Gasteiger partial charge in [0.2, 0.25) is 5.88 Å². The van der Waals surface area contributed by atoms with Gasteiger partial charge in [0, 0.05) is 44.4 Å². The fraction of sp³-hybridized carbons (Fsp3) is 0.412. The fourth-order valence-electron chi connectivity index (χ4n) is 2.69. The van der Waals surface area contributed by atoms with E-state index < -0.39 is 11.9 Å². The van der Waals surface area contributed by atoms with E-state index >= 15 is 0 Å². The number of halogens is 3. The molecular formula is C17H17F3N4O3. The second-order valence-corrected chi connectivity index (χ2v) is 5.92. The third-order valence-electron chi connectivity index (χ3n) is 4.12. The van der Waals surface area contributed by atoms with Gasteiger partial charge in [-0.1, -0.05) is 0 Å². The molecule has 2 aromatic heterocycles. The molecule has 0 unspecified atom stereocenters. The third-order valence-corrected chi connectivity index (χ3v) is 4.12. The van der Waals surface area contributed by atoms with Gasteiger partial charge in [0.25, 0.3) is 5.91 Å². The Bertz CT molecular complexity index is 791. The number of carbonyl (C=O) groups is 1. The molecule has 0 spiro atoms. The molecule has 7 nitrogen and oxygen atoms in total. The highest BCUT2D eigenvalue weighted by atomic mass is 19.4. The number of alkyl halides is 3. The minimum absolute atomic E-state index is 0.168. The standard InChI is InChI=1S/C17H17F3N4O3/c1-26-14-3-2-11(10-22-14)15(25)24-8-5-12(6-9-24)27-16-21-7-4-13(23-16)17(18,19)20/h2-4,7,10,12H,5-6,8-9H2,1H3. The Morgan fingerprint density at radius 3 is 2.52 bits per heavy atom. The highest BCUT2D eigenvalue weighted by Crippen LogP contribution is 2.28. The quantitative estimate of drug-likeness (QED) is 0.809.